The van der Waals surface area contributed by atoms with Crippen molar-refractivity contribution in [3.8, 4) is 0 Å². The van der Waals surface area contributed by atoms with E-state index < -0.39 is 34.4 Å². The monoisotopic (exact) mass is 237 g/mol. The van der Waals surface area contributed by atoms with Gasteiger partial charge in [-0.15, -0.1) is 0 Å². The van der Waals surface area contributed by atoms with Gasteiger partial charge in [-0.1, -0.05) is 6.58 Å². The number of sulfonamides is 1. The average Bonchev–Trinajstić information content (AvgIpc) is 2.11. The molecule has 3 N–H and O–H groups in total. The molecular formula is C7H11NO6S. The van der Waals surface area contributed by atoms with Gasteiger partial charge in [0.05, 0.1) is 0 Å². The van der Waals surface area contributed by atoms with Crippen LogP contribution in [0.15, 0.2) is 12.0 Å². The summed E-state index contributed by atoms with van der Waals surface area (Å²) in [5.41, 5.74) is 0. The van der Waals surface area contributed by atoms with E-state index in [-0.39, 0.29) is 6.42 Å². The Balaban J connectivity index is 4.49. The van der Waals surface area contributed by atoms with Crippen LogP contribution in [0, 0.1) is 0 Å². The molecule has 0 rings (SSSR count). The topological polar surface area (TPSA) is 121 Å². The van der Waals surface area contributed by atoms with Crippen molar-refractivity contribution in [2.75, 3.05) is 0 Å². The molecule has 0 spiro atoms. The van der Waals surface area contributed by atoms with Crippen molar-refractivity contribution in [1.82, 2.24) is 4.72 Å². The summed E-state index contributed by atoms with van der Waals surface area (Å²) in [6, 6.07) is -1.45. The molecule has 0 fully saturated rings. The summed E-state index contributed by atoms with van der Waals surface area (Å²) >= 11 is 0. The fourth-order valence-electron chi connectivity index (χ4n) is 0.747. The Morgan fingerprint density at radius 2 is 1.93 bits per heavy atom. The number of carboxylic acids is 2. The van der Waals surface area contributed by atoms with Crippen LogP contribution in [0.4, 0.5) is 0 Å². The van der Waals surface area contributed by atoms with E-state index >= 15 is 0 Å². The van der Waals surface area contributed by atoms with E-state index in [0.29, 0.717) is 5.41 Å². The minimum atomic E-state index is -3.87. The molecule has 8 heteroatoms. The van der Waals surface area contributed by atoms with Crippen LogP contribution in [0.5, 0.6) is 0 Å². The van der Waals surface area contributed by atoms with E-state index in [1.807, 2.05) is 0 Å². The first kappa shape index (κ1) is 13.6. The zero-order valence-corrected chi connectivity index (χ0v) is 8.53. The number of rotatable bonds is 7. The van der Waals surface area contributed by atoms with Crippen LogP contribution < -0.4 is 4.72 Å². The van der Waals surface area contributed by atoms with Crippen LogP contribution in [0.3, 0.4) is 0 Å². The quantitative estimate of drug-likeness (QED) is 0.542. The molecule has 0 amide bonds. The molecule has 0 unspecified atom stereocenters. The molecule has 7 nitrogen and oxygen atoms in total. The van der Waals surface area contributed by atoms with Crippen molar-refractivity contribution in [1.29, 1.82) is 0 Å². The lowest BCUT2D eigenvalue weighted by molar-refractivity contribution is -0.140. The Morgan fingerprint density at radius 3 is 2.27 bits per heavy atom. The summed E-state index contributed by atoms with van der Waals surface area (Å²) < 4.78 is 23.6. The fraction of sp³-hybridized carbons (Fsp3) is 0.429. The van der Waals surface area contributed by atoms with Crippen molar-refractivity contribution >= 4 is 22.0 Å². The Labute approximate surface area is 86.5 Å². The van der Waals surface area contributed by atoms with Gasteiger partial charge in [0.15, 0.2) is 0 Å². The number of carboxylic acid groups (broad SMARTS) is 2. The molecule has 0 bridgehead atoms. The maximum Gasteiger partial charge on any atom is 0.321 e. The van der Waals surface area contributed by atoms with Crippen molar-refractivity contribution in [2.24, 2.45) is 0 Å². The van der Waals surface area contributed by atoms with Gasteiger partial charge in [0.2, 0.25) is 10.0 Å². The van der Waals surface area contributed by atoms with Gasteiger partial charge in [0.25, 0.3) is 0 Å². The zero-order chi connectivity index (χ0) is 12.1. The highest BCUT2D eigenvalue weighted by atomic mass is 32.2. The average molecular weight is 237 g/mol. The molecule has 0 aromatic heterocycles. The molecule has 0 saturated carbocycles. The van der Waals surface area contributed by atoms with Gasteiger partial charge in [-0.25, -0.2) is 8.42 Å². The smallest absolute Gasteiger partial charge is 0.321 e. The van der Waals surface area contributed by atoms with Crippen LogP contribution in [-0.4, -0.2) is 36.6 Å². The minimum Gasteiger partial charge on any atom is -0.481 e. The Kier molecular flexibility index (Phi) is 4.95. The van der Waals surface area contributed by atoms with E-state index in [0.717, 1.165) is 0 Å². The van der Waals surface area contributed by atoms with Crippen LogP contribution in [-0.2, 0) is 19.6 Å². The summed E-state index contributed by atoms with van der Waals surface area (Å²) in [4.78, 5) is 20.7. The van der Waals surface area contributed by atoms with Gasteiger partial charge in [-0.3, -0.25) is 9.59 Å². The molecule has 1 atom stereocenters. The van der Waals surface area contributed by atoms with Crippen LogP contribution in [0.1, 0.15) is 12.8 Å². The first-order valence-corrected chi connectivity index (χ1v) is 5.42. The second kappa shape index (κ2) is 5.47. The highest BCUT2D eigenvalue weighted by molar-refractivity contribution is 7.92. The number of aliphatic carboxylic acids is 2. The molecule has 15 heavy (non-hydrogen) atoms. The lowest BCUT2D eigenvalue weighted by Crippen LogP contribution is -2.40. The lowest BCUT2D eigenvalue weighted by Gasteiger charge is -2.11. The molecule has 0 aliphatic carbocycles. The molecule has 0 heterocycles. The normalized spacial score (nSPS) is 13.1. The van der Waals surface area contributed by atoms with Crippen LogP contribution in [0.25, 0.3) is 0 Å². The van der Waals surface area contributed by atoms with Crippen LogP contribution in [0.2, 0.25) is 0 Å². The summed E-state index contributed by atoms with van der Waals surface area (Å²) in [5.74, 6) is -2.62. The minimum absolute atomic E-state index is 0.322. The van der Waals surface area contributed by atoms with Crippen molar-refractivity contribution in [2.45, 2.75) is 18.9 Å². The third kappa shape index (κ3) is 5.81. The molecular weight excluding hydrogens is 226 g/mol. The maximum absolute atomic E-state index is 10.9. The van der Waals surface area contributed by atoms with Gasteiger partial charge >= 0.3 is 11.9 Å². The molecule has 0 aliphatic rings. The van der Waals surface area contributed by atoms with Gasteiger partial charge in [0.1, 0.15) is 6.04 Å². The summed E-state index contributed by atoms with van der Waals surface area (Å²) in [6.07, 6.45) is -0.756. The largest absolute Gasteiger partial charge is 0.481 e. The summed E-state index contributed by atoms with van der Waals surface area (Å²) in [7, 11) is -3.87. The van der Waals surface area contributed by atoms with E-state index in [1.54, 1.807) is 4.72 Å². The van der Waals surface area contributed by atoms with Crippen molar-refractivity contribution in [3.63, 3.8) is 0 Å². The molecule has 0 saturated heterocycles. The Bertz CT molecular complexity index is 360. The third-order valence-electron chi connectivity index (χ3n) is 1.47. The number of carbonyl (C=O) groups is 2. The number of hydrogen-bond acceptors (Lipinski definition) is 4. The second-order valence-electron chi connectivity index (χ2n) is 2.65. The maximum atomic E-state index is 10.9. The highest BCUT2D eigenvalue weighted by Crippen LogP contribution is 2.00. The molecule has 0 radical (unpaired) electrons. The predicted octanol–water partition coefficient (Wildman–Crippen LogP) is -0.633. The van der Waals surface area contributed by atoms with Crippen LogP contribution >= 0.6 is 0 Å². The number of hydrogen-bond donors (Lipinski definition) is 3. The first-order valence-electron chi connectivity index (χ1n) is 3.88. The molecule has 86 valence electrons. The first-order chi connectivity index (χ1) is 6.78. The summed E-state index contributed by atoms with van der Waals surface area (Å²) in [6.45, 7) is 2.98. The molecule has 0 aliphatic heterocycles. The standard InChI is InChI=1S/C7H11NO6S/c1-2-15(13,14)8-5(7(11)12)3-4-6(9)10/h2,5,8H,1,3-4H2,(H,9,10)(H,11,12)/t5-/m0/s1. The second-order valence-corrected chi connectivity index (χ2v) is 4.31. The molecule has 0 aromatic carbocycles. The highest BCUT2D eigenvalue weighted by Gasteiger charge is 2.22. The summed E-state index contributed by atoms with van der Waals surface area (Å²) in [5, 5.41) is 17.5. The predicted molar refractivity (Wildman–Crippen MR) is 50.5 cm³/mol. The zero-order valence-electron chi connectivity index (χ0n) is 7.71. The van der Waals surface area contributed by atoms with E-state index in [2.05, 4.69) is 6.58 Å². The van der Waals surface area contributed by atoms with Gasteiger partial charge < -0.3 is 10.2 Å². The lowest BCUT2D eigenvalue weighted by atomic mass is 10.2. The Morgan fingerprint density at radius 1 is 1.40 bits per heavy atom. The molecule has 0 aromatic rings. The Hall–Kier alpha value is -1.41. The van der Waals surface area contributed by atoms with E-state index in [1.165, 1.54) is 0 Å². The van der Waals surface area contributed by atoms with Crippen molar-refractivity contribution < 1.29 is 28.2 Å². The van der Waals surface area contributed by atoms with Gasteiger partial charge in [-0.2, -0.15) is 4.72 Å². The van der Waals surface area contributed by atoms with E-state index in [4.69, 9.17) is 10.2 Å². The fourth-order valence-corrected chi connectivity index (χ4v) is 1.46. The van der Waals surface area contributed by atoms with Gasteiger partial charge in [-0.05, 0) is 6.42 Å². The SMILES string of the molecule is C=CS(=O)(=O)N[C@@H](CCC(=O)O)C(=O)O. The van der Waals surface area contributed by atoms with Gasteiger partial charge in [0, 0.05) is 11.8 Å². The van der Waals surface area contributed by atoms with E-state index in [9.17, 15) is 18.0 Å². The number of nitrogens with one attached hydrogen (secondary N) is 1. The van der Waals surface area contributed by atoms with Crippen molar-refractivity contribution in [3.05, 3.63) is 12.0 Å². The third-order valence-corrected chi connectivity index (χ3v) is 2.52.